The van der Waals surface area contributed by atoms with Crippen molar-refractivity contribution in [2.45, 2.75) is 6.92 Å². The Kier molecular flexibility index (Phi) is 3.28. The molecule has 0 radical (unpaired) electrons. The van der Waals surface area contributed by atoms with E-state index in [1.54, 1.807) is 30.3 Å². The van der Waals surface area contributed by atoms with Gasteiger partial charge in [-0.2, -0.15) is 0 Å². The van der Waals surface area contributed by atoms with Crippen LogP contribution in [0.25, 0.3) is 0 Å². The first-order valence-electron chi connectivity index (χ1n) is 5.49. The quantitative estimate of drug-likeness (QED) is 0.643. The van der Waals surface area contributed by atoms with E-state index in [0.717, 1.165) is 0 Å². The maximum absolute atomic E-state index is 13.0. The van der Waals surface area contributed by atoms with E-state index in [4.69, 9.17) is 5.73 Å². The molecule has 0 aliphatic carbocycles. The first-order chi connectivity index (χ1) is 8.56. The Hall–Kier alpha value is -2.36. The maximum atomic E-state index is 13.0. The lowest BCUT2D eigenvalue weighted by atomic mass is 10.1. The van der Waals surface area contributed by atoms with Crippen LogP contribution in [0.15, 0.2) is 42.5 Å². The molecular formula is C14H13FN2O. The molecule has 2 rings (SSSR count). The number of carbonyl (C=O) groups is 1. The van der Waals surface area contributed by atoms with Gasteiger partial charge in [0.1, 0.15) is 5.82 Å². The number of carbonyl (C=O) groups excluding carboxylic acids is 1. The molecule has 92 valence electrons. The number of ketones is 1. The molecule has 3 nitrogen and oxygen atoms in total. The van der Waals surface area contributed by atoms with Crippen LogP contribution in [-0.4, -0.2) is 5.78 Å². The van der Waals surface area contributed by atoms with E-state index in [-0.39, 0.29) is 11.6 Å². The normalized spacial score (nSPS) is 10.1. The SMILES string of the molecule is CC(=O)c1ccc(Nc2cccc(F)c2)cc1N. The predicted octanol–water partition coefficient (Wildman–Crippen LogP) is 3.35. The topological polar surface area (TPSA) is 55.1 Å². The Morgan fingerprint density at radius 1 is 1.17 bits per heavy atom. The van der Waals surface area contributed by atoms with Crippen molar-refractivity contribution in [3.8, 4) is 0 Å². The van der Waals surface area contributed by atoms with Gasteiger partial charge < -0.3 is 11.1 Å². The second kappa shape index (κ2) is 4.87. The van der Waals surface area contributed by atoms with Gasteiger partial charge in [0, 0.05) is 22.6 Å². The highest BCUT2D eigenvalue weighted by atomic mass is 19.1. The summed E-state index contributed by atoms with van der Waals surface area (Å²) in [7, 11) is 0. The summed E-state index contributed by atoms with van der Waals surface area (Å²) in [5.41, 5.74) is 8.00. The van der Waals surface area contributed by atoms with Gasteiger partial charge in [0.05, 0.1) is 0 Å². The fourth-order valence-electron chi connectivity index (χ4n) is 1.69. The largest absolute Gasteiger partial charge is 0.398 e. The molecule has 0 saturated heterocycles. The summed E-state index contributed by atoms with van der Waals surface area (Å²) < 4.78 is 13.0. The molecule has 0 heterocycles. The van der Waals surface area contributed by atoms with Crippen LogP contribution in [0.4, 0.5) is 21.5 Å². The zero-order valence-corrected chi connectivity index (χ0v) is 9.91. The molecule has 0 aromatic heterocycles. The summed E-state index contributed by atoms with van der Waals surface area (Å²) in [6.07, 6.45) is 0. The molecule has 0 spiro atoms. The van der Waals surface area contributed by atoms with Crippen molar-refractivity contribution >= 4 is 22.8 Å². The van der Waals surface area contributed by atoms with Crippen LogP contribution in [0.3, 0.4) is 0 Å². The van der Waals surface area contributed by atoms with Crippen molar-refractivity contribution in [2.75, 3.05) is 11.1 Å². The molecule has 0 amide bonds. The number of hydrogen-bond acceptors (Lipinski definition) is 3. The molecule has 0 atom stereocenters. The van der Waals surface area contributed by atoms with Gasteiger partial charge in [0.25, 0.3) is 0 Å². The highest BCUT2D eigenvalue weighted by Crippen LogP contribution is 2.22. The van der Waals surface area contributed by atoms with Crippen molar-refractivity contribution in [1.82, 2.24) is 0 Å². The van der Waals surface area contributed by atoms with E-state index in [2.05, 4.69) is 5.32 Å². The first kappa shape index (κ1) is 12.1. The maximum Gasteiger partial charge on any atom is 0.161 e. The van der Waals surface area contributed by atoms with Gasteiger partial charge in [-0.15, -0.1) is 0 Å². The number of hydrogen-bond donors (Lipinski definition) is 2. The molecule has 2 aromatic rings. The van der Waals surface area contributed by atoms with Crippen molar-refractivity contribution in [3.05, 3.63) is 53.8 Å². The van der Waals surface area contributed by atoms with Crippen LogP contribution in [0.1, 0.15) is 17.3 Å². The Morgan fingerprint density at radius 2 is 1.89 bits per heavy atom. The molecule has 0 fully saturated rings. The Bertz CT molecular complexity index is 596. The highest BCUT2D eigenvalue weighted by molar-refractivity contribution is 5.99. The fourth-order valence-corrected chi connectivity index (χ4v) is 1.69. The van der Waals surface area contributed by atoms with Crippen molar-refractivity contribution < 1.29 is 9.18 Å². The number of nitrogens with one attached hydrogen (secondary N) is 1. The van der Waals surface area contributed by atoms with Gasteiger partial charge in [0.15, 0.2) is 5.78 Å². The molecule has 0 aliphatic heterocycles. The molecule has 2 aromatic carbocycles. The lowest BCUT2D eigenvalue weighted by Crippen LogP contribution is -2.00. The number of anilines is 3. The zero-order valence-electron chi connectivity index (χ0n) is 9.91. The van der Waals surface area contributed by atoms with E-state index in [0.29, 0.717) is 22.6 Å². The Morgan fingerprint density at radius 3 is 2.50 bits per heavy atom. The van der Waals surface area contributed by atoms with Crippen molar-refractivity contribution in [2.24, 2.45) is 0 Å². The number of nitrogen functional groups attached to an aromatic ring is 1. The Balaban J connectivity index is 2.25. The van der Waals surface area contributed by atoms with Crippen LogP contribution in [0.2, 0.25) is 0 Å². The minimum Gasteiger partial charge on any atom is -0.398 e. The third kappa shape index (κ3) is 2.66. The number of rotatable bonds is 3. The summed E-state index contributed by atoms with van der Waals surface area (Å²) in [5, 5.41) is 3.02. The highest BCUT2D eigenvalue weighted by Gasteiger charge is 2.05. The zero-order chi connectivity index (χ0) is 13.1. The van der Waals surface area contributed by atoms with E-state index in [1.165, 1.54) is 19.1 Å². The Labute approximate surface area is 104 Å². The molecule has 0 unspecified atom stereocenters. The summed E-state index contributed by atoms with van der Waals surface area (Å²) in [6, 6.07) is 11.2. The second-order valence-electron chi connectivity index (χ2n) is 3.99. The average Bonchev–Trinajstić information content (AvgIpc) is 2.28. The van der Waals surface area contributed by atoms with E-state index in [1.807, 2.05) is 0 Å². The number of halogens is 1. The minimum absolute atomic E-state index is 0.0789. The third-order valence-electron chi connectivity index (χ3n) is 2.54. The van der Waals surface area contributed by atoms with Crippen LogP contribution < -0.4 is 11.1 Å². The predicted molar refractivity (Wildman–Crippen MR) is 70.5 cm³/mol. The minimum atomic E-state index is -0.312. The molecule has 18 heavy (non-hydrogen) atoms. The van der Waals surface area contributed by atoms with Gasteiger partial charge in [-0.3, -0.25) is 4.79 Å². The standard InChI is InChI=1S/C14H13FN2O/c1-9(18)13-6-5-12(8-14(13)16)17-11-4-2-3-10(15)7-11/h2-8,17H,16H2,1H3. The summed E-state index contributed by atoms with van der Waals surface area (Å²) in [5.74, 6) is -0.391. The average molecular weight is 244 g/mol. The smallest absolute Gasteiger partial charge is 0.161 e. The summed E-state index contributed by atoms with van der Waals surface area (Å²) in [4.78, 5) is 11.2. The van der Waals surface area contributed by atoms with Gasteiger partial charge in [-0.05, 0) is 43.3 Å². The molecule has 4 heteroatoms. The lowest BCUT2D eigenvalue weighted by molar-refractivity contribution is 0.101. The molecule has 0 saturated carbocycles. The molecule has 3 N–H and O–H groups in total. The van der Waals surface area contributed by atoms with Crippen LogP contribution in [-0.2, 0) is 0 Å². The first-order valence-corrected chi connectivity index (χ1v) is 5.49. The molecule has 0 aliphatic rings. The van der Waals surface area contributed by atoms with E-state index in [9.17, 15) is 9.18 Å². The van der Waals surface area contributed by atoms with E-state index >= 15 is 0 Å². The van der Waals surface area contributed by atoms with Crippen molar-refractivity contribution in [3.63, 3.8) is 0 Å². The summed E-state index contributed by atoms with van der Waals surface area (Å²) >= 11 is 0. The molecule has 0 bridgehead atoms. The van der Waals surface area contributed by atoms with Gasteiger partial charge in [-0.1, -0.05) is 6.07 Å². The fraction of sp³-hybridized carbons (Fsp3) is 0.0714. The van der Waals surface area contributed by atoms with E-state index < -0.39 is 0 Å². The van der Waals surface area contributed by atoms with Crippen LogP contribution in [0, 0.1) is 5.82 Å². The van der Waals surface area contributed by atoms with Gasteiger partial charge in [-0.25, -0.2) is 4.39 Å². The van der Waals surface area contributed by atoms with Crippen LogP contribution in [0.5, 0.6) is 0 Å². The van der Waals surface area contributed by atoms with Gasteiger partial charge >= 0.3 is 0 Å². The number of nitrogens with two attached hydrogens (primary N) is 1. The monoisotopic (exact) mass is 244 g/mol. The third-order valence-corrected chi connectivity index (χ3v) is 2.54. The second-order valence-corrected chi connectivity index (χ2v) is 3.99. The van der Waals surface area contributed by atoms with Crippen LogP contribution >= 0.6 is 0 Å². The summed E-state index contributed by atoms with van der Waals surface area (Å²) in [6.45, 7) is 1.46. The number of Topliss-reactive ketones (excluding diaryl/α,β-unsaturated/α-hetero) is 1. The van der Waals surface area contributed by atoms with Crippen molar-refractivity contribution in [1.29, 1.82) is 0 Å². The number of benzene rings is 2. The lowest BCUT2D eigenvalue weighted by Gasteiger charge is -2.09. The van der Waals surface area contributed by atoms with Gasteiger partial charge in [0.2, 0.25) is 0 Å². The molecular weight excluding hydrogens is 231 g/mol.